The average Bonchev–Trinajstić information content (AvgIpc) is 2.83. The first kappa shape index (κ1) is 12.1. The van der Waals surface area contributed by atoms with Crippen molar-refractivity contribution in [3.05, 3.63) is 11.4 Å². The fourth-order valence-electron chi connectivity index (χ4n) is 1.52. The zero-order valence-electron chi connectivity index (χ0n) is 9.84. The summed E-state index contributed by atoms with van der Waals surface area (Å²) >= 11 is 0. The zero-order chi connectivity index (χ0) is 13.3. The van der Waals surface area contributed by atoms with Gasteiger partial charge in [0.15, 0.2) is 5.70 Å². The Morgan fingerprint density at radius 1 is 1.56 bits per heavy atom. The van der Waals surface area contributed by atoms with Gasteiger partial charge >= 0.3 is 5.97 Å². The average molecular weight is 255 g/mol. The van der Waals surface area contributed by atoms with Crippen molar-refractivity contribution in [2.75, 3.05) is 31.4 Å². The maximum Gasteiger partial charge on any atom is 0.355 e. The van der Waals surface area contributed by atoms with E-state index in [1.54, 1.807) is 0 Å². The molecule has 0 aliphatic carbocycles. The lowest BCUT2D eigenvalue weighted by molar-refractivity contribution is -0.133. The monoisotopic (exact) mass is 255 g/mol. The Morgan fingerprint density at radius 2 is 2.28 bits per heavy atom. The van der Waals surface area contributed by atoms with Crippen LogP contribution < -0.4 is 21.7 Å². The third-order valence-corrected chi connectivity index (χ3v) is 2.24. The predicted octanol–water partition coefficient (Wildman–Crippen LogP) is -1.66. The Kier molecular flexibility index (Phi) is 3.04. The van der Waals surface area contributed by atoms with Crippen molar-refractivity contribution < 1.29 is 14.5 Å². The Morgan fingerprint density at radius 3 is 2.78 bits per heavy atom. The number of carboxylic acid groups (broad SMARTS) is 1. The van der Waals surface area contributed by atoms with Crippen molar-refractivity contribution in [3.8, 4) is 0 Å². The van der Waals surface area contributed by atoms with Gasteiger partial charge < -0.3 is 15.7 Å². The van der Waals surface area contributed by atoms with Gasteiger partial charge in [-0.25, -0.2) is 14.4 Å². The smallest absolute Gasteiger partial charge is 0.355 e. The number of nitrogens with zero attached hydrogens (tertiary/aromatic N) is 4. The van der Waals surface area contributed by atoms with Crippen LogP contribution in [0.4, 0.5) is 11.6 Å². The molecule has 2 rings (SSSR count). The van der Waals surface area contributed by atoms with Crippen LogP contribution in [0.5, 0.6) is 0 Å². The first-order chi connectivity index (χ1) is 8.50. The molecule has 2 heterocycles. The van der Waals surface area contributed by atoms with Gasteiger partial charge in [-0.15, -0.1) is 5.53 Å². The van der Waals surface area contributed by atoms with Crippen molar-refractivity contribution in [2.45, 2.75) is 0 Å². The minimum absolute atomic E-state index is 0.0195. The molecule has 1 aliphatic rings. The van der Waals surface area contributed by atoms with Gasteiger partial charge in [0.2, 0.25) is 11.6 Å². The summed E-state index contributed by atoms with van der Waals surface area (Å²) in [6.45, 7) is 0.369. The topological polar surface area (TPSA) is 133 Å². The molecule has 0 saturated carbocycles. The van der Waals surface area contributed by atoms with Crippen LogP contribution in [-0.4, -0.2) is 46.9 Å². The number of anilines is 2. The zero-order valence-corrected chi connectivity index (χ0v) is 9.84. The fraction of sp³-hybridized carbons (Fsp3) is 0.375. The summed E-state index contributed by atoms with van der Waals surface area (Å²) in [7, 11) is 3.63. The van der Waals surface area contributed by atoms with Gasteiger partial charge in [0.05, 0.1) is 5.70 Å². The van der Waals surface area contributed by atoms with E-state index in [0.29, 0.717) is 12.2 Å². The number of carboxylic acids is 1. The molecule has 0 unspecified atom stereocenters. The summed E-state index contributed by atoms with van der Waals surface area (Å²) in [6, 6.07) is 0. The maximum atomic E-state index is 11.1. The quantitative estimate of drug-likeness (QED) is 0.495. The van der Waals surface area contributed by atoms with Crippen molar-refractivity contribution in [2.24, 2.45) is 0 Å². The number of carbonyl (C=O) groups is 1. The first-order valence-corrected chi connectivity index (χ1v) is 5.01. The number of aromatic nitrogens is 2. The van der Waals surface area contributed by atoms with Crippen LogP contribution in [-0.2, 0) is 4.79 Å². The van der Waals surface area contributed by atoms with E-state index in [1.165, 1.54) is 5.01 Å². The van der Waals surface area contributed by atoms with Crippen LogP contribution in [0.3, 0.4) is 0 Å². The molecule has 0 saturated heterocycles. The van der Waals surface area contributed by atoms with E-state index < -0.39 is 5.97 Å². The number of hydrogen-bond donors (Lipinski definition) is 4. The van der Waals surface area contributed by atoms with E-state index in [-0.39, 0.29) is 17.3 Å². The lowest BCUT2D eigenvalue weighted by Gasteiger charge is -2.20. The highest BCUT2D eigenvalue weighted by molar-refractivity contribution is 5.88. The molecule has 98 valence electrons. The Hall–Kier alpha value is -2.33. The molecule has 10 nitrogen and oxygen atoms in total. The lowest BCUT2D eigenvalue weighted by Crippen LogP contribution is -2.40. The number of nitrogens with two attached hydrogens (primary N) is 1. The Labute approximate surface area is 102 Å². The summed E-state index contributed by atoms with van der Waals surface area (Å²) in [5.74, 6) is -0.820. The lowest BCUT2D eigenvalue weighted by atomic mass is 10.3. The SMILES string of the molecule is CN(C)CC1=C(C(=O)O)NNN1c1nonc1N. The molecule has 0 bridgehead atoms. The van der Waals surface area contributed by atoms with Crippen molar-refractivity contribution in [3.63, 3.8) is 0 Å². The van der Waals surface area contributed by atoms with Crippen LogP contribution in [0.15, 0.2) is 16.0 Å². The Bertz CT molecular complexity index is 495. The Balaban J connectivity index is 2.37. The second-order valence-electron chi connectivity index (χ2n) is 3.91. The van der Waals surface area contributed by atoms with E-state index >= 15 is 0 Å². The highest BCUT2D eigenvalue weighted by Crippen LogP contribution is 2.24. The van der Waals surface area contributed by atoms with Gasteiger partial charge in [0.25, 0.3) is 0 Å². The van der Waals surface area contributed by atoms with Crippen molar-refractivity contribution in [1.82, 2.24) is 26.2 Å². The van der Waals surface area contributed by atoms with Crippen LogP contribution in [0.25, 0.3) is 0 Å². The summed E-state index contributed by atoms with van der Waals surface area (Å²) < 4.78 is 4.49. The van der Waals surface area contributed by atoms with Gasteiger partial charge in [0, 0.05) is 6.54 Å². The molecule has 0 fully saturated rings. The van der Waals surface area contributed by atoms with Crippen LogP contribution >= 0.6 is 0 Å². The molecule has 0 aromatic carbocycles. The van der Waals surface area contributed by atoms with Crippen LogP contribution in [0, 0.1) is 0 Å². The molecule has 1 aromatic heterocycles. The third kappa shape index (κ3) is 2.06. The van der Waals surface area contributed by atoms with Gasteiger partial charge in [-0.05, 0) is 24.4 Å². The molecule has 18 heavy (non-hydrogen) atoms. The minimum Gasteiger partial charge on any atom is -0.476 e. The highest BCUT2D eigenvalue weighted by Gasteiger charge is 2.31. The molecule has 1 aromatic rings. The molecule has 0 spiro atoms. The number of hydrazine groups is 2. The molecule has 0 radical (unpaired) electrons. The van der Waals surface area contributed by atoms with E-state index in [0.717, 1.165) is 0 Å². The second kappa shape index (κ2) is 4.50. The second-order valence-corrected chi connectivity index (χ2v) is 3.91. The predicted molar refractivity (Wildman–Crippen MR) is 60.7 cm³/mol. The largest absolute Gasteiger partial charge is 0.476 e. The van der Waals surface area contributed by atoms with Gasteiger partial charge in [-0.1, -0.05) is 0 Å². The molecular formula is C8H13N7O3. The van der Waals surface area contributed by atoms with Gasteiger partial charge in [0.1, 0.15) is 0 Å². The van der Waals surface area contributed by atoms with Crippen LogP contribution in [0.2, 0.25) is 0 Å². The maximum absolute atomic E-state index is 11.1. The normalized spacial score (nSPS) is 15.4. The number of nitrogen functional groups attached to an aromatic ring is 1. The first-order valence-electron chi connectivity index (χ1n) is 5.01. The van der Waals surface area contributed by atoms with Gasteiger partial charge in [-0.2, -0.15) is 0 Å². The van der Waals surface area contributed by atoms with Crippen LogP contribution in [0.1, 0.15) is 0 Å². The van der Waals surface area contributed by atoms with E-state index in [9.17, 15) is 4.79 Å². The number of hydrogen-bond acceptors (Lipinski definition) is 9. The third-order valence-electron chi connectivity index (χ3n) is 2.24. The molecule has 0 amide bonds. The number of nitrogens with one attached hydrogen (secondary N) is 2. The molecule has 10 heteroatoms. The molecule has 5 N–H and O–H groups in total. The number of rotatable bonds is 4. The minimum atomic E-state index is -1.09. The highest BCUT2D eigenvalue weighted by atomic mass is 16.6. The van der Waals surface area contributed by atoms with Gasteiger partial charge in [-0.3, -0.25) is 5.43 Å². The van der Waals surface area contributed by atoms with E-state index in [1.807, 2.05) is 19.0 Å². The molecule has 1 aliphatic heterocycles. The standard InChI is InChI=1S/C8H13N7O3/c1-14(2)3-4-5(8(16)17)10-13-15(4)7-6(9)11-18-12-7/h10,13H,3H2,1-2H3,(H2,9,11)(H,16,17). The summed E-state index contributed by atoms with van der Waals surface area (Å²) in [5.41, 5.74) is 11.2. The van der Waals surface area contributed by atoms with Crippen molar-refractivity contribution in [1.29, 1.82) is 0 Å². The van der Waals surface area contributed by atoms with E-state index in [2.05, 4.69) is 25.9 Å². The fourth-order valence-corrected chi connectivity index (χ4v) is 1.52. The number of aliphatic carboxylic acids is 1. The van der Waals surface area contributed by atoms with E-state index in [4.69, 9.17) is 10.8 Å². The molecule has 0 atom stereocenters. The van der Waals surface area contributed by atoms with Crippen molar-refractivity contribution >= 4 is 17.6 Å². The summed E-state index contributed by atoms with van der Waals surface area (Å²) in [6.07, 6.45) is 0. The molecular weight excluding hydrogens is 242 g/mol. The number of likely N-dealkylation sites (N-methyl/N-ethyl adjacent to an activating group) is 1. The summed E-state index contributed by atoms with van der Waals surface area (Å²) in [5, 5.41) is 17.5. The summed E-state index contributed by atoms with van der Waals surface area (Å²) in [4.78, 5) is 12.9.